The Hall–Kier alpha value is -1.95. The highest BCUT2D eigenvalue weighted by molar-refractivity contribution is 7.89. The topological polar surface area (TPSA) is 101 Å². The van der Waals surface area contributed by atoms with Gasteiger partial charge in [0.15, 0.2) is 0 Å². The Bertz CT molecular complexity index is 752. The number of nitrogens with zero attached hydrogens (tertiary/aromatic N) is 4. The molecule has 0 amide bonds. The van der Waals surface area contributed by atoms with E-state index in [2.05, 4.69) is 15.0 Å². The molecule has 0 saturated heterocycles. The third-order valence-electron chi connectivity index (χ3n) is 2.70. The minimum Gasteiger partial charge on any atom is -0.253 e. The Morgan fingerprint density at radius 1 is 1.43 bits per heavy atom. The van der Waals surface area contributed by atoms with Crippen LogP contribution in [0.4, 0.5) is 0 Å². The highest BCUT2D eigenvalue weighted by Crippen LogP contribution is 2.19. The Morgan fingerprint density at radius 3 is 2.86 bits per heavy atom. The lowest BCUT2D eigenvalue weighted by atomic mass is 10.2. The molecule has 1 aromatic carbocycles. The fraction of sp³-hybridized carbons (Fsp3) is 0.250. The summed E-state index contributed by atoms with van der Waals surface area (Å²) in [7, 11) is -3.64. The molecule has 0 aliphatic carbocycles. The first-order valence-corrected chi connectivity index (χ1v) is 7.92. The quantitative estimate of drug-likeness (QED) is 0.803. The van der Waals surface area contributed by atoms with Gasteiger partial charge in [-0.15, -0.1) is 5.10 Å². The Balaban J connectivity index is 1.95. The number of hydrogen-bond acceptors (Lipinski definition) is 5. The van der Waals surface area contributed by atoms with E-state index in [1.54, 1.807) is 17.1 Å². The summed E-state index contributed by atoms with van der Waals surface area (Å²) in [5, 5.41) is 16.3. The summed E-state index contributed by atoms with van der Waals surface area (Å²) in [4.78, 5) is 0.0345. The molecule has 1 N–H and O–H groups in total. The van der Waals surface area contributed by atoms with Gasteiger partial charge in [-0.3, -0.25) is 4.68 Å². The molecule has 1 heterocycles. The first-order valence-electron chi connectivity index (χ1n) is 6.06. The minimum atomic E-state index is -3.64. The van der Waals surface area contributed by atoms with Crippen LogP contribution in [-0.4, -0.2) is 30.0 Å². The van der Waals surface area contributed by atoms with E-state index in [0.29, 0.717) is 13.0 Å². The fourth-order valence-corrected chi connectivity index (χ4v) is 3.02. The van der Waals surface area contributed by atoms with E-state index in [1.807, 2.05) is 6.07 Å². The van der Waals surface area contributed by atoms with Crippen LogP contribution in [0.5, 0.6) is 0 Å². The fourth-order valence-electron chi connectivity index (χ4n) is 1.64. The Morgan fingerprint density at radius 2 is 2.24 bits per heavy atom. The van der Waals surface area contributed by atoms with Crippen molar-refractivity contribution < 1.29 is 8.42 Å². The highest BCUT2D eigenvalue weighted by Gasteiger charge is 2.15. The first kappa shape index (κ1) is 15.4. The number of nitrogens with one attached hydrogen (secondary N) is 1. The van der Waals surface area contributed by atoms with Crippen molar-refractivity contribution in [2.75, 3.05) is 6.54 Å². The Labute approximate surface area is 127 Å². The third-order valence-corrected chi connectivity index (χ3v) is 4.47. The monoisotopic (exact) mass is 325 g/mol. The molecule has 21 heavy (non-hydrogen) atoms. The molecule has 0 unspecified atom stereocenters. The molecular formula is C12H12ClN5O2S. The standard InChI is InChI=1S/C12H12ClN5O2S/c13-12-8-11(3-2-10(12)9-14)21(19,20)16-4-1-6-18-7-5-15-17-18/h2-3,5,7-8,16H,1,4,6H2. The lowest BCUT2D eigenvalue weighted by molar-refractivity contribution is 0.542. The summed E-state index contributed by atoms with van der Waals surface area (Å²) in [6.45, 7) is 0.830. The molecule has 9 heteroatoms. The van der Waals surface area contributed by atoms with Crippen molar-refractivity contribution in [3.05, 3.63) is 41.2 Å². The predicted octanol–water partition coefficient (Wildman–Crippen LogP) is 1.17. The maximum atomic E-state index is 12.1. The average molecular weight is 326 g/mol. The van der Waals surface area contributed by atoms with Crippen LogP contribution in [0, 0.1) is 11.3 Å². The van der Waals surface area contributed by atoms with Crippen molar-refractivity contribution in [3.63, 3.8) is 0 Å². The second-order valence-corrected chi connectivity index (χ2v) is 6.35. The molecule has 0 spiro atoms. The molecule has 7 nitrogen and oxygen atoms in total. The van der Waals surface area contributed by atoms with Crippen LogP contribution >= 0.6 is 11.6 Å². The van der Waals surface area contributed by atoms with E-state index >= 15 is 0 Å². The summed E-state index contributed by atoms with van der Waals surface area (Å²) >= 11 is 5.83. The van der Waals surface area contributed by atoms with Crippen LogP contribution in [0.2, 0.25) is 5.02 Å². The van der Waals surface area contributed by atoms with Gasteiger partial charge in [-0.1, -0.05) is 16.8 Å². The number of hydrogen-bond donors (Lipinski definition) is 1. The SMILES string of the molecule is N#Cc1ccc(S(=O)(=O)NCCCn2ccnn2)cc1Cl. The number of aromatic nitrogens is 3. The Kier molecular flexibility index (Phi) is 4.90. The van der Waals surface area contributed by atoms with Crippen molar-refractivity contribution >= 4 is 21.6 Å². The molecule has 110 valence electrons. The molecule has 0 fully saturated rings. The zero-order chi connectivity index (χ0) is 15.3. The highest BCUT2D eigenvalue weighted by atomic mass is 35.5. The van der Waals surface area contributed by atoms with Gasteiger partial charge >= 0.3 is 0 Å². The van der Waals surface area contributed by atoms with Gasteiger partial charge in [-0.2, -0.15) is 5.26 Å². The molecule has 0 radical (unpaired) electrons. The third kappa shape index (κ3) is 4.01. The predicted molar refractivity (Wildman–Crippen MR) is 76.0 cm³/mol. The van der Waals surface area contributed by atoms with Crippen LogP contribution in [-0.2, 0) is 16.6 Å². The number of nitriles is 1. The molecule has 0 bridgehead atoms. The van der Waals surface area contributed by atoms with E-state index in [1.165, 1.54) is 18.2 Å². The second-order valence-electron chi connectivity index (χ2n) is 4.17. The molecule has 1 aromatic heterocycles. The minimum absolute atomic E-state index is 0.0345. The zero-order valence-corrected chi connectivity index (χ0v) is 12.5. The molecule has 0 aliphatic heterocycles. The van der Waals surface area contributed by atoms with E-state index in [-0.39, 0.29) is 22.0 Å². The molecule has 2 aromatic rings. The zero-order valence-electron chi connectivity index (χ0n) is 10.9. The molecule has 0 atom stereocenters. The number of halogens is 1. The van der Waals surface area contributed by atoms with E-state index < -0.39 is 10.0 Å². The van der Waals surface area contributed by atoms with Crippen molar-refractivity contribution in [2.24, 2.45) is 0 Å². The van der Waals surface area contributed by atoms with Gasteiger partial charge < -0.3 is 0 Å². The molecule has 2 rings (SSSR count). The van der Waals surface area contributed by atoms with Crippen LogP contribution in [0.25, 0.3) is 0 Å². The van der Waals surface area contributed by atoms with E-state index in [9.17, 15) is 8.42 Å². The summed E-state index contributed by atoms with van der Waals surface area (Å²) in [5.41, 5.74) is 0.238. The van der Waals surface area contributed by atoms with Crippen molar-refractivity contribution in [2.45, 2.75) is 17.9 Å². The van der Waals surface area contributed by atoms with Crippen LogP contribution in [0.3, 0.4) is 0 Å². The lowest BCUT2D eigenvalue weighted by Crippen LogP contribution is -2.25. The second kappa shape index (κ2) is 6.67. The van der Waals surface area contributed by atoms with Gasteiger partial charge in [0.1, 0.15) is 6.07 Å². The number of aryl methyl sites for hydroxylation is 1. The smallest absolute Gasteiger partial charge is 0.240 e. The van der Waals surface area contributed by atoms with Gasteiger partial charge in [-0.05, 0) is 24.6 Å². The van der Waals surface area contributed by atoms with Crippen LogP contribution in [0.1, 0.15) is 12.0 Å². The summed E-state index contributed by atoms with van der Waals surface area (Å²) in [5.74, 6) is 0. The normalized spacial score (nSPS) is 11.2. The summed E-state index contributed by atoms with van der Waals surface area (Å²) < 4.78 is 28.2. The van der Waals surface area contributed by atoms with Crippen LogP contribution < -0.4 is 4.72 Å². The summed E-state index contributed by atoms with van der Waals surface area (Å²) in [6, 6.07) is 5.88. The van der Waals surface area contributed by atoms with Crippen molar-refractivity contribution in [1.29, 1.82) is 5.26 Å². The maximum Gasteiger partial charge on any atom is 0.240 e. The maximum absolute atomic E-state index is 12.1. The van der Waals surface area contributed by atoms with Gasteiger partial charge in [-0.25, -0.2) is 13.1 Å². The molecule has 0 aliphatic rings. The van der Waals surface area contributed by atoms with Gasteiger partial charge in [0, 0.05) is 19.3 Å². The van der Waals surface area contributed by atoms with Gasteiger partial charge in [0.2, 0.25) is 10.0 Å². The van der Waals surface area contributed by atoms with Crippen LogP contribution in [0.15, 0.2) is 35.5 Å². The summed E-state index contributed by atoms with van der Waals surface area (Å²) in [6.07, 6.45) is 3.84. The number of sulfonamides is 1. The average Bonchev–Trinajstić information content (AvgIpc) is 2.97. The largest absolute Gasteiger partial charge is 0.253 e. The van der Waals surface area contributed by atoms with E-state index in [0.717, 1.165) is 0 Å². The van der Waals surface area contributed by atoms with Gasteiger partial charge in [0.05, 0.1) is 21.7 Å². The first-order chi connectivity index (χ1) is 10.0. The van der Waals surface area contributed by atoms with E-state index in [4.69, 9.17) is 16.9 Å². The lowest BCUT2D eigenvalue weighted by Gasteiger charge is -2.07. The van der Waals surface area contributed by atoms with Crippen molar-refractivity contribution in [3.8, 4) is 6.07 Å². The van der Waals surface area contributed by atoms with Gasteiger partial charge in [0.25, 0.3) is 0 Å². The molecule has 0 saturated carbocycles. The number of rotatable bonds is 6. The molecular weight excluding hydrogens is 314 g/mol. The van der Waals surface area contributed by atoms with Crippen molar-refractivity contribution in [1.82, 2.24) is 19.7 Å². The number of benzene rings is 1.